The molecule has 1 atom stereocenters. The van der Waals surface area contributed by atoms with Gasteiger partial charge in [-0.2, -0.15) is 8.42 Å². The van der Waals surface area contributed by atoms with E-state index in [4.69, 9.17) is 4.55 Å². The first-order chi connectivity index (χ1) is 39.5. The minimum absolute atomic E-state index is 0.767. The van der Waals surface area contributed by atoms with Crippen LogP contribution < -0.4 is 10.2 Å². The summed E-state index contributed by atoms with van der Waals surface area (Å²) >= 11 is 0. The quantitative estimate of drug-likeness (QED) is 0.0277. The predicted molar refractivity (Wildman–Crippen MR) is 354 cm³/mol. The van der Waals surface area contributed by atoms with E-state index in [0.29, 0.717) is 0 Å². The lowest BCUT2D eigenvalue weighted by atomic mass is 9.96. The molecule has 0 aromatic carbocycles. The summed E-state index contributed by atoms with van der Waals surface area (Å²) in [7, 11) is -0.0431. The smallest absolute Gasteiger partial charge is 0.273 e. The van der Waals surface area contributed by atoms with E-state index in [1.54, 1.807) is 0 Å². The van der Waals surface area contributed by atoms with Gasteiger partial charge in [0.15, 0.2) is 0 Å². The zero-order chi connectivity index (χ0) is 61.7. The largest absolute Gasteiger partial charge is 0.550 e. The first-order valence-corrected chi connectivity index (χ1v) is 36.5. The van der Waals surface area contributed by atoms with E-state index in [2.05, 4.69) is 92.4 Å². The van der Waals surface area contributed by atoms with E-state index in [1.807, 2.05) is 0 Å². The molecule has 1 N–H and O–H groups in total. The highest BCUT2D eigenvalue weighted by Crippen LogP contribution is 2.26. The molecule has 10 heteroatoms. The Labute approximate surface area is 511 Å². The van der Waals surface area contributed by atoms with Crippen LogP contribution in [0.1, 0.15) is 342 Å². The molecule has 0 spiro atoms. The molecule has 0 bridgehead atoms. The maximum Gasteiger partial charge on any atom is 0.273 e. The number of aliphatic carboxylic acids is 2. The molecule has 0 saturated heterocycles. The van der Waals surface area contributed by atoms with Gasteiger partial charge in [-0.05, 0) is 75.7 Å². The van der Waals surface area contributed by atoms with E-state index in [9.17, 15) is 28.2 Å². The van der Waals surface area contributed by atoms with Gasteiger partial charge in [-0.1, -0.05) is 311 Å². The van der Waals surface area contributed by atoms with Gasteiger partial charge in [0.2, 0.25) is 0 Å². The molecule has 9 nitrogen and oxygen atoms in total. The fourth-order valence-corrected chi connectivity index (χ4v) is 12.7. The lowest BCUT2D eigenvalue weighted by Gasteiger charge is -2.41. The molecule has 0 aromatic rings. The highest BCUT2D eigenvalue weighted by Gasteiger charge is 2.31. The fourth-order valence-electron chi connectivity index (χ4n) is 12.1. The van der Waals surface area contributed by atoms with Gasteiger partial charge in [0.1, 0.15) is 5.25 Å². The van der Waals surface area contributed by atoms with Gasteiger partial charge in [0.05, 0.1) is 58.3 Å². The number of quaternary nitrogens is 2. The van der Waals surface area contributed by atoms with Crippen molar-refractivity contribution in [2.75, 3.05) is 40.3 Å². The van der Waals surface area contributed by atoms with Gasteiger partial charge in [0, 0.05) is 12.4 Å². The summed E-state index contributed by atoms with van der Waals surface area (Å²) in [4.78, 5) is 19.7. The number of hydrogen-bond acceptors (Lipinski definition) is 6. The number of carboxylic acids is 2. The predicted octanol–water partition coefficient (Wildman–Crippen LogP) is 19.3. The Balaban J connectivity index is -0.00000127. The molecule has 0 aliphatic carbocycles. The lowest BCUT2D eigenvalue weighted by Crippen LogP contribution is -2.52. The molecule has 0 aromatic heterocycles. The molecule has 0 radical (unpaired) electrons. The second-order valence-corrected chi connectivity index (χ2v) is 26.9. The Morgan fingerprint density at radius 2 is 0.537 bits per heavy atom. The van der Waals surface area contributed by atoms with Crippen molar-refractivity contribution in [3.8, 4) is 0 Å². The van der Waals surface area contributed by atoms with Crippen LogP contribution in [-0.2, 0) is 19.7 Å². The first-order valence-electron chi connectivity index (χ1n) is 35.0. The summed E-state index contributed by atoms with van der Waals surface area (Å²) in [6.45, 7) is 29.9. The summed E-state index contributed by atoms with van der Waals surface area (Å²) < 4.78 is 30.7. The van der Waals surface area contributed by atoms with Crippen LogP contribution in [0, 0.1) is 0 Å². The summed E-state index contributed by atoms with van der Waals surface area (Å²) in [6, 6.07) is 1.53. The van der Waals surface area contributed by atoms with Crippen LogP contribution in [-0.4, -0.2) is 91.5 Å². The fraction of sp³-hybridized carbons (Fsp3) is 0.861. The number of likely N-dealkylation sites (N-methyl/N-ethyl adjacent to an activating group) is 2. The van der Waals surface area contributed by atoms with Crippen molar-refractivity contribution in [1.82, 2.24) is 0 Å². The zero-order valence-electron chi connectivity index (χ0n) is 55.5. The topological polar surface area (TPSA) is 135 Å². The van der Waals surface area contributed by atoms with Crippen molar-refractivity contribution in [1.29, 1.82) is 0 Å². The zero-order valence-corrected chi connectivity index (χ0v) is 56.4. The normalized spacial score (nSPS) is 12.2. The molecule has 0 rings (SSSR count). The third-order valence-electron chi connectivity index (χ3n) is 17.5. The number of carbonyl (C=O) groups excluding carboxylic acids is 2. The van der Waals surface area contributed by atoms with E-state index in [0.717, 1.165) is 47.2 Å². The van der Waals surface area contributed by atoms with E-state index in [-0.39, 0.29) is 0 Å². The standard InChI is InChI=1S/2C34H68N.C4H6O7S/c2*1-6-10-12-14-16-18-20-22-24-26-28-30-34(35(5,32-8-3)33-9-4)31-29-27-25-23-21-19-17-15-13-11-7-2;5-3(6)1-2(4(7)8)12(9,10)11/h2*8-9,34H,3-4,6-7,10-33H2,1-2,5H3;2H,1H2,(H,5,6)(H,7,8)(H,9,10,11)/q2*+1;/p-2. The van der Waals surface area contributed by atoms with Crippen LogP contribution in [0.15, 0.2) is 50.6 Å². The second kappa shape index (κ2) is 61.8. The third kappa shape index (κ3) is 54.4. The molecule has 0 aliphatic heterocycles. The number of rotatable bonds is 62. The van der Waals surface area contributed by atoms with Gasteiger partial charge in [-0.15, -0.1) is 0 Å². The minimum atomic E-state index is -4.94. The molecular weight excluding hydrogens is 1040 g/mol. The van der Waals surface area contributed by atoms with Crippen LogP contribution in [0.4, 0.5) is 0 Å². The molecule has 0 aliphatic rings. The molecule has 486 valence electrons. The number of unbranched alkanes of at least 4 members (excludes halogenated alkanes) is 40. The minimum Gasteiger partial charge on any atom is -0.550 e. The third-order valence-corrected chi connectivity index (χ3v) is 18.6. The van der Waals surface area contributed by atoms with Crippen LogP contribution in [0.2, 0.25) is 0 Å². The molecular formula is C72H140N2O7S. The van der Waals surface area contributed by atoms with Crippen molar-refractivity contribution in [3.63, 3.8) is 0 Å². The lowest BCUT2D eigenvalue weighted by molar-refractivity contribution is -0.923. The highest BCUT2D eigenvalue weighted by molar-refractivity contribution is 7.87. The van der Waals surface area contributed by atoms with Crippen LogP contribution in [0.25, 0.3) is 0 Å². The Kier molecular flexibility index (Phi) is 63.3. The molecule has 0 saturated carbocycles. The van der Waals surface area contributed by atoms with E-state index >= 15 is 0 Å². The van der Waals surface area contributed by atoms with Gasteiger partial charge in [-0.25, -0.2) is 0 Å². The summed E-state index contributed by atoms with van der Waals surface area (Å²) in [5.74, 6) is -4.08. The highest BCUT2D eigenvalue weighted by atomic mass is 32.2. The van der Waals surface area contributed by atoms with Crippen molar-refractivity contribution < 1.29 is 41.7 Å². The average molecular weight is 1180 g/mol. The SMILES string of the molecule is C=CC[N+](C)(CC=C)C(CCCCCCCCCCCCC)CCCCCCCCCCCCC.C=CC[N+](C)(CC=C)C(CCCCCCCCCCCCC)CCCCCCCCCCCCC.O=C([O-])CC(C(=O)[O-])S(=O)(=O)O. The van der Waals surface area contributed by atoms with Gasteiger partial charge >= 0.3 is 0 Å². The summed E-state index contributed by atoms with van der Waals surface area (Å²) in [6.07, 6.45) is 75.8. The number of carbonyl (C=O) groups is 2. The van der Waals surface area contributed by atoms with Crippen LogP contribution >= 0.6 is 0 Å². The Hall–Kier alpha value is -2.27. The van der Waals surface area contributed by atoms with Crippen molar-refractivity contribution >= 4 is 22.1 Å². The Bertz CT molecular complexity index is 1400. The Morgan fingerprint density at radius 1 is 0.366 bits per heavy atom. The molecule has 82 heavy (non-hydrogen) atoms. The second-order valence-electron chi connectivity index (χ2n) is 25.3. The molecule has 1 unspecified atom stereocenters. The maximum absolute atomic E-state index is 10.2. The van der Waals surface area contributed by atoms with Crippen LogP contribution in [0.5, 0.6) is 0 Å². The van der Waals surface area contributed by atoms with Crippen molar-refractivity contribution in [3.05, 3.63) is 50.6 Å². The Morgan fingerprint density at radius 3 is 0.659 bits per heavy atom. The van der Waals surface area contributed by atoms with Crippen molar-refractivity contribution in [2.45, 2.75) is 360 Å². The van der Waals surface area contributed by atoms with Crippen molar-refractivity contribution in [2.24, 2.45) is 0 Å². The van der Waals surface area contributed by atoms with E-state index in [1.165, 1.54) is 308 Å². The molecule has 0 heterocycles. The van der Waals surface area contributed by atoms with Gasteiger partial charge in [-0.3, -0.25) is 4.55 Å². The monoisotopic (exact) mass is 1180 g/mol. The van der Waals surface area contributed by atoms with Crippen LogP contribution in [0.3, 0.4) is 0 Å². The van der Waals surface area contributed by atoms with Gasteiger partial charge in [0.25, 0.3) is 10.1 Å². The molecule has 0 amide bonds. The molecule has 0 fully saturated rings. The van der Waals surface area contributed by atoms with E-state index < -0.39 is 33.7 Å². The number of carboxylic acid groups (broad SMARTS) is 2. The first kappa shape index (κ1) is 83.9. The average Bonchev–Trinajstić information content (AvgIpc) is 3.54. The van der Waals surface area contributed by atoms with Gasteiger partial charge < -0.3 is 28.8 Å². The number of hydrogen-bond donors (Lipinski definition) is 1. The summed E-state index contributed by atoms with van der Waals surface area (Å²) in [5.41, 5.74) is 0. The summed E-state index contributed by atoms with van der Waals surface area (Å²) in [5, 5.41) is 17.3. The number of nitrogens with zero attached hydrogens (tertiary/aromatic N) is 2. The maximum atomic E-state index is 10.2.